The van der Waals surface area contributed by atoms with Gasteiger partial charge in [-0.15, -0.1) is 0 Å². The molecule has 0 amide bonds. The van der Waals surface area contributed by atoms with Crippen LogP contribution in [0.15, 0.2) is 29.2 Å². The van der Waals surface area contributed by atoms with Gasteiger partial charge in [-0.05, 0) is 18.9 Å². The first-order valence-electron chi connectivity index (χ1n) is 10.5. The van der Waals surface area contributed by atoms with Gasteiger partial charge < -0.3 is 4.48 Å². The van der Waals surface area contributed by atoms with E-state index in [0.29, 0.717) is 0 Å². The van der Waals surface area contributed by atoms with Crippen LogP contribution in [0.3, 0.4) is 0 Å². The molecule has 1 rings (SSSR count). The maximum atomic E-state index is 10.5. The maximum Gasteiger partial charge on any atom is 0.294 e. The topological polar surface area (TPSA) is 97.5 Å². The Bertz CT molecular complexity index is 685. The maximum absolute atomic E-state index is 10.5. The number of hydrogen-bond donors (Lipinski definition) is 1. The van der Waals surface area contributed by atoms with Crippen LogP contribution < -0.4 is 0 Å². The first kappa shape index (κ1) is 27.5. The van der Waals surface area contributed by atoms with Crippen LogP contribution in [0.2, 0.25) is 0 Å². The lowest BCUT2D eigenvalue weighted by Gasteiger charge is -2.23. The highest BCUT2D eigenvalue weighted by atomic mass is 32.2. The minimum Gasteiger partial charge on any atom is -0.331 e. The van der Waals surface area contributed by atoms with Crippen LogP contribution in [0.25, 0.3) is 0 Å². The van der Waals surface area contributed by atoms with E-state index in [9.17, 15) is 18.5 Å². The zero-order valence-corrected chi connectivity index (χ0v) is 19.3. The lowest BCUT2D eigenvalue weighted by molar-refractivity contribution is -0.870. The predicted molar refractivity (Wildman–Crippen MR) is 118 cm³/mol. The van der Waals surface area contributed by atoms with E-state index in [0.717, 1.165) is 22.7 Å². The minimum atomic E-state index is -4.36. The van der Waals surface area contributed by atoms with Gasteiger partial charge in [0, 0.05) is 12.1 Å². The van der Waals surface area contributed by atoms with Crippen molar-refractivity contribution < 1.29 is 22.4 Å². The Morgan fingerprint density at radius 2 is 1.41 bits per heavy atom. The SMILES string of the molecule is CCCCCCCCCCCC[N+](C)(C)C.O=[N+]([O-])c1cccc(S(=O)(=O)O)c1. The Morgan fingerprint density at radius 1 is 0.931 bits per heavy atom. The van der Waals surface area contributed by atoms with Crippen LogP contribution in [-0.4, -0.2) is 50.1 Å². The number of rotatable bonds is 13. The highest BCUT2D eigenvalue weighted by molar-refractivity contribution is 7.85. The van der Waals surface area contributed by atoms with Gasteiger partial charge >= 0.3 is 0 Å². The van der Waals surface area contributed by atoms with Crippen LogP contribution >= 0.6 is 0 Å². The molecular formula is C21H39N2O5S+. The lowest BCUT2D eigenvalue weighted by Crippen LogP contribution is -2.35. The molecule has 0 unspecified atom stereocenters. The van der Waals surface area contributed by atoms with Crippen molar-refractivity contribution >= 4 is 15.8 Å². The van der Waals surface area contributed by atoms with E-state index in [1.165, 1.54) is 76.8 Å². The molecule has 7 nitrogen and oxygen atoms in total. The molecule has 1 aromatic carbocycles. The highest BCUT2D eigenvalue weighted by Gasteiger charge is 2.13. The third-order valence-electron chi connectivity index (χ3n) is 4.51. The second kappa shape index (κ2) is 14.5. The third-order valence-corrected chi connectivity index (χ3v) is 5.36. The summed E-state index contributed by atoms with van der Waals surface area (Å²) in [5.41, 5.74) is -0.380. The molecule has 0 saturated carbocycles. The summed E-state index contributed by atoms with van der Waals surface area (Å²) in [5, 5.41) is 10.2. The quantitative estimate of drug-likeness (QED) is 0.147. The summed E-state index contributed by atoms with van der Waals surface area (Å²) in [6, 6.07) is 4.17. The van der Waals surface area contributed by atoms with Gasteiger partial charge in [-0.3, -0.25) is 14.7 Å². The van der Waals surface area contributed by atoms with Gasteiger partial charge in [0.05, 0.1) is 32.6 Å². The lowest BCUT2D eigenvalue weighted by atomic mass is 10.1. The second-order valence-electron chi connectivity index (χ2n) is 8.43. The molecule has 0 aliphatic rings. The standard InChI is InChI=1S/C15H34N.C6H5NO5S/c1-5-6-7-8-9-10-11-12-13-14-15-16(2,3)4;8-7(9)5-2-1-3-6(4-5)13(10,11)12/h5-15H2,1-4H3;1-4H,(H,10,11,12)/q+1;. The van der Waals surface area contributed by atoms with Crippen molar-refractivity contribution in [3.05, 3.63) is 34.4 Å². The van der Waals surface area contributed by atoms with Gasteiger partial charge in [0.15, 0.2) is 0 Å². The van der Waals surface area contributed by atoms with Crippen molar-refractivity contribution in [2.75, 3.05) is 27.7 Å². The van der Waals surface area contributed by atoms with Gasteiger partial charge in [0.25, 0.3) is 15.8 Å². The van der Waals surface area contributed by atoms with Crippen molar-refractivity contribution in [2.24, 2.45) is 0 Å². The number of non-ortho nitro benzene ring substituents is 1. The van der Waals surface area contributed by atoms with E-state index in [1.807, 2.05) is 0 Å². The number of hydrogen-bond acceptors (Lipinski definition) is 4. The fourth-order valence-electron chi connectivity index (χ4n) is 2.83. The van der Waals surface area contributed by atoms with Crippen LogP contribution in [0.5, 0.6) is 0 Å². The summed E-state index contributed by atoms with van der Waals surface area (Å²) in [4.78, 5) is 8.98. The van der Waals surface area contributed by atoms with E-state index in [2.05, 4.69) is 28.1 Å². The molecule has 0 bridgehead atoms. The van der Waals surface area contributed by atoms with Crippen LogP contribution in [0, 0.1) is 10.1 Å². The molecule has 0 saturated heterocycles. The number of unbranched alkanes of at least 4 members (excludes halogenated alkanes) is 9. The zero-order chi connectivity index (χ0) is 22.3. The van der Waals surface area contributed by atoms with Gasteiger partial charge in [0.2, 0.25) is 0 Å². The molecule has 0 atom stereocenters. The summed E-state index contributed by atoms with van der Waals surface area (Å²) < 4.78 is 30.7. The molecule has 0 aromatic heterocycles. The Balaban J connectivity index is 0.000000551. The van der Waals surface area contributed by atoms with Crippen molar-refractivity contribution in [3.8, 4) is 0 Å². The molecule has 0 radical (unpaired) electrons. The Hall–Kier alpha value is -1.51. The average Bonchev–Trinajstić information content (AvgIpc) is 2.62. The van der Waals surface area contributed by atoms with Crippen LogP contribution in [0.4, 0.5) is 5.69 Å². The van der Waals surface area contributed by atoms with Gasteiger partial charge in [-0.2, -0.15) is 8.42 Å². The summed E-state index contributed by atoms with van der Waals surface area (Å²) in [6.45, 7) is 3.62. The fourth-order valence-corrected chi connectivity index (χ4v) is 3.35. The first-order chi connectivity index (χ1) is 13.5. The van der Waals surface area contributed by atoms with E-state index >= 15 is 0 Å². The second-order valence-corrected chi connectivity index (χ2v) is 9.85. The van der Waals surface area contributed by atoms with Crippen LogP contribution in [-0.2, 0) is 10.1 Å². The normalized spacial score (nSPS) is 11.6. The van der Waals surface area contributed by atoms with E-state index in [-0.39, 0.29) is 5.69 Å². The molecule has 29 heavy (non-hydrogen) atoms. The Kier molecular flexibility index (Phi) is 13.7. The molecule has 0 fully saturated rings. The van der Waals surface area contributed by atoms with Crippen molar-refractivity contribution in [1.29, 1.82) is 0 Å². The molecule has 0 aliphatic heterocycles. The fraction of sp³-hybridized carbons (Fsp3) is 0.714. The molecule has 0 heterocycles. The third kappa shape index (κ3) is 16.0. The molecule has 1 N–H and O–H groups in total. The highest BCUT2D eigenvalue weighted by Crippen LogP contribution is 2.16. The number of benzene rings is 1. The largest absolute Gasteiger partial charge is 0.331 e. The number of nitrogens with zero attached hydrogens (tertiary/aromatic N) is 2. The monoisotopic (exact) mass is 431 g/mol. The Labute approximate surface area is 176 Å². The van der Waals surface area contributed by atoms with Crippen molar-refractivity contribution in [1.82, 2.24) is 0 Å². The number of quaternary nitrogens is 1. The zero-order valence-electron chi connectivity index (χ0n) is 18.5. The molecule has 168 valence electrons. The molecule has 8 heteroatoms. The molecule has 1 aromatic rings. The molecular weight excluding hydrogens is 392 g/mol. The Morgan fingerprint density at radius 3 is 1.83 bits per heavy atom. The van der Waals surface area contributed by atoms with E-state index in [4.69, 9.17) is 4.55 Å². The predicted octanol–water partition coefficient (Wildman–Crippen LogP) is 5.46. The summed E-state index contributed by atoms with van der Waals surface area (Å²) in [7, 11) is 2.49. The smallest absolute Gasteiger partial charge is 0.294 e. The average molecular weight is 432 g/mol. The van der Waals surface area contributed by atoms with Gasteiger partial charge in [-0.1, -0.05) is 64.4 Å². The van der Waals surface area contributed by atoms with Gasteiger partial charge in [-0.25, -0.2) is 0 Å². The molecule has 0 aliphatic carbocycles. The number of nitro groups is 1. The van der Waals surface area contributed by atoms with Crippen molar-refractivity contribution in [3.63, 3.8) is 0 Å². The van der Waals surface area contributed by atoms with Crippen molar-refractivity contribution in [2.45, 2.75) is 76.0 Å². The van der Waals surface area contributed by atoms with Gasteiger partial charge in [0.1, 0.15) is 4.90 Å². The summed E-state index contributed by atoms with van der Waals surface area (Å²) in [6.07, 6.45) is 14.4. The van der Waals surface area contributed by atoms with E-state index in [1.54, 1.807) is 0 Å². The summed E-state index contributed by atoms with van der Waals surface area (Å²) in [5.74, 6) is 0. The molecule has 0 spiro atoms. The summed E-state index contributed by atoms with van der Waals surface area (Å²) >= 11 is 0. The minimum absolute atomic E-state index is 0.380. The van der Waals surface area contributed by atoms with E-state index < -0.39 is 19.9 Å². The first-order valence-corrected chi connectivity index (χ1v) is 11.9. The number of nitro benzene ring substituents is 1. The van der Waals surface area contributed by atoms with Crippen LogP contribution in [0.1, 0.15) is 71.1 Å².